The van der Waals surface area contributed by atoms with E-state index in [1.807, 2.05) is 65.7 Å². The summed E-state index contributed by atoms with van der Waals surface area (Å²) in [6.07, 6.45) is 2.10. The number of carbonyl (C=O) groups is 1. The van der Waals surface area contributed by atoms with Crippen molar-refractivity contribution in [2.75, 3.05) is 13.1 Å². The third kappa shape index (κ3) is 3.72. The molecule has 0 saturated heterocycles. The van der Waals surface area contributed by atoms with E-state index in [4.69, 9.17) is 16.6 Å². The number of aromatic nitrogens is 2. The Bertz CT molecular complexity index is 918. The third-order valence-electron chi connectivity index (χ3n) is 4.21. The highest BCUT2D eigenvalue weighted by Gasteiger charge is 2.19. The molecular formula is C19H19BrClN3O. The van der Waals surface area contributed by atoms with Crippen LogP contribution in [0.2, 0.25) is 5.02 Å². The third-order valence-corrected chi connectivity index (χ3v) is 4.93. The van der Waals surface area contributed by atoms with Gasteiger partial charge in [0.25, 0.3) is 0 Å². The number of benzene rings is 1. The number of likely N-dealkylation sites (N-methyl/N-ethyl adjacent to an activating group) is 1. The normalized spacial score (nSPS) is 11.0. The number of rotatable bonds is 5. The Labute approximate surface area is 160 Å². The van der Waals surface area contributed by atoms with E-state index in [1.165, 1.54) is 0 Å². The fraction of sp³-hybridized carbons (Fsp3) is 0.263. The predicted octanol–water partition coefficient (Wildman–Crippen LogP) is 4.83. The molecule has 0 saturated carbocycles. The molecule has 2 aromatic heterocycles. The molecule has 0 aliphatic rings. The van der Waals surface area contributed by atoms with Crippen molar-refractivity contribution >= 4 is 39.1 Å². The van der Waals surface area contributed by atoms with Crippen LogP contribution in [0.4, 0.5) is 0 Å². The molecule has 0 unspecified atom stereocenters. The van der Waals surface area contributed by atoms with Crippen molar-refractivity contribution < 1.29 is 4.79 Å². The van der Waals surface area contributed by atoms with E-state index >= 15 is 0 Å². The molecule has 0 spiro atoms. The van der Waals surface area contributed by atoms with Crippen LogP contribution in [0.25, 0.3) is 16.9 Å². The predicted molar refractivity (Wildman–Crippen MR) is 105 cm³/mol. The van der Waals surface area contributed by atoms with Crippen molar-refractivity contribution in [3.05, 3.63) is 57.8 Å². The van der Waals surface area contributed by atoms with Gasteiger partial charge in [0.2, 0.25) is 5.91 Å². The Morgan fingerprint density at radius 3 is 2.68 bits per heavy atom. The van der Waals surface area contributed by atoms with Crippen LogP contribution in [-0.2, 0) is 11.2 Å². The quantitative estimate of drug-likeness (QED) is 0.593. The number of hydrogen-bond acceptors (Lipinski definition) is 2. The highest BCUT2D eigenvalue weighted by atomic mass is 79.9. The minimum Gasteiger partial charge on any atom is -0.343 e. The lowest BCUT2D eigenvalue weighted by atomic mass is 10.1. The Balaban J connectivity index is 2.14. The van der Waals surface area contributed by atoms with Crippen LogP contribution in [0, 0.1) is 0 Å². The van der Waals surface area contributed by atoms with E-state index in [2.05, 4.69) is 15.9 Å². The molecule has 0 atom stereocenters. The number of halogens is 2. The zero-order valence-corrected chi connectivity index (χ0v) is 16.5. The molecule has 6 heteroatoms. The van der Waals surface area contributed by atoms with E-state index in [0.717, 1.165) is 27.1 Å². The second kappa shape index (κ2) is 7.58. The number of pyridine rings is 1. The Morgan fingerprint density at radius 2 is 2.00 bits per heavy atom. The lowest BCUT2D eigenvalue weighted by Gasteiger charge is -2.18. The van der Waals surface area contributed by atoms with Gasteiger partial charge in [-0.3, -0.25) is 4.79 Å². The maximum Gasteiger partial charge on any atom is 0.228 e. The van der Waals surface area contributed by atoms with Crippen LogP contribution in [0.1, 0.15) is 19.5 Å². The van der Waals surface area contributed by atoms with Gasteiger partial charge in [-0.2, -0.15) is 0 Å². The molecule has 0 aliphatic carbocycles. The monoisotopic (exact) mass is 419 g/mol. The largest absolute Gasteiger partial charge is 0.343 e. The fourth-order valence-electron chi connectivity index (χ4n) is 2.93. The van der Waals surface area contributed by atoms with Gasteiger partial charge in [0.15, 0.2) is 0 Å². The molecule has 1 amide bonds. The first-order chi connectivity index (χ1) is 12.0. The SMILES string of the molecule is CCN(CC)C(=O)Cc1c(-c2cccc(Br)c2)nc2ccc(Cl)cn12. The first kappa shape index (κ1) is 18.0. The Kier molecular flexibility index (Phi) is 5.45. The molecule has 0 N–H and O–H groups in total. The van der Waals surface area contributed by atoms with Gasteiger partial charge in [-0.05, 0) is 38.1 Å². The zero-order valence-electron chi connectivity index (χ0n) is 14.2. The average molecular weight is 421 g/mol. The van der Waals surface area contributed by atoms with E-state index in [0.29, 0.717) is 18.1 Å². The van der Waals surface area contributed by atoms with Gasteiger partial charge >= 0.3 is 0 Å². The summed E-state index contributed by atoms with van der Waals surface area (Å²) in [6.45, 7) is 5.36. The van der Waals surface area contributed by atoms with Crippen molar-refractivity contribution in [3.63, 3.8) is 0 Å². The number of carbonyl (C=O) groups excluding carboxylic acids is 1. The van der Waals surface area contributed by atoms with Crippen molar-refractivity contribution in [2.45, 2.75) is 20.3 Å². The summed E-state index contributed by atoms with van der Waals surface area (Å²) in [5.41, 5.74) is 3.41. The van der Waals surface area contributed by atoms with E-state index in [9.17, 15) is 4.79 Å². The van der Waals surface area contributed by atoms with Gasteiger partial charge in [-0.25, -0.2) is 4.98 Å². The van der Waals surface area contributed by atoms with Gasteiger partial charge in [0.1, 0.15) is 5.65 Å². The van der Waals surface area contributed by atoms with Gasteiger partial charge < -0.3 is 9.30 Å². The lowest BCUT2D eigenvalue weighted by Crippen LogP contribution is -2.32. The fourth-order valence-corrected chi connectivity index (χ4v) is 3.49. The Morgan fingerprint density at radius 1 is 1.24 bits per heavy atom. The summed E-state index contributed by atoms with van der Waals surface area (Å²) in [5, 5.41) is 0.613. The molecule has 0 fully saturated rings. The molecule has 25 heavy (non-hydrogen) atoms. The van der Waals surface area contributed by atoms with Gasteiger partial charge in [0.05, 0.1) is 22.8 Å². The summed E-state index contributed by atoms with van der Waals surface area (Å²) in [5.74, 6) is 0.0861. The van der Waals surface area contributed by atoms with E-state index < -0.39 is 0 Å². The van der Waals surface area contributed by atoms with Crippen LogP contribution in [0.3, 0.4) is 0 Å². The van der Waals surface area contributed by atoms with Gasteiger partial charge in [-0.1, -0.05) is 39.7 Å². The van der Waals surface area contributed by atoms with Gasteiger partial charge in [-0.15, -0.1) is 0 Å². The molecule has 0 radical (unpaired) electrons. The van der Waals surface area contributed by atoms with Crippen LogP contribution >= 0.6 is 27.5 Å². The minimum atomic E-state index is 0.0861. The molecule has 1 aromatic carbocycles. The molecule has 4 nitrogen and oxygen atoms in total. The van der Waals surface area contributed by atoms with Gasteiger partial charge in [0, 0.05) is 29.3 Å². The minimum absolute atomic E-state index is 0.0861. The standard InChI is InChI=1S/C19H19BrClN3O/c1-3-23(4-2)18(25)11-16-19(13-6-5-7-14(20)10-13)22-17-9-8-15(21)12-24(16)17/h5-10,12H,3-4,11H2,1-2H3. The highest BCUT2D eigenvalue weighted by Crippen LogP contribution is 2.28. The maximum absolute atomic E-state index is 12.7. The highest BCUT2D eigenvalue weighted by molar-refractivity contribution is 9.10. The smallest absolute Gasteiger partial charge is 0.228 e. The number of amides is 1. The molecule has 130 valence electrons. The number of fused-ring (bicyclic) bond motifs is 1. The number of nitrogens with zero attached hydrogens (tertiary/aromatic N) is 3. The van der Waals surface area contributed by atoms with Crippen LogP contribution < -0.4 is 0 Å². The average Bonchev–Trinajstić information content (AvgIpc) is 2.94. The van der Waals surface area contributed by atoms with Crippen molar-refractivity contribution in [2.24, 2.45) is 0 Å². The Hall–Kier alpha value is -1.85. The van der Waals surface area contributed by atoms with Crippen molar-refractivity contribution in [1.29, 1.82) is 0 Å². The number of hydrogen-bond donors (Lipinski definition) is 0. The summed E-state index contributed by atoms with van der Waals surface area (Å²) >= 11 is 9.68. The number of imidazole rings is 1. The topological polar surface area (TPSA) is 37.6 Å². The zero-order chi connectivity index (χ0) is 18.0. The molecule has 2 heterocycles. The molecule has 3 rings (SSSR count). The lowest BCUT2D eigenvalue weighted by molar-refractivity contribution is -0.130. The summed E-state index contributed by atoms with van der Waals surface area (Å²) in [4.78, 5) is 19.3. The molecule has 3 aromatic rings. The second-order valence-corrected chi connectivity index (χ2v) is 7.09. The van der Waals surface area contributed by atoms with E-state index in [-0.39, 0.29) is 12.3 Å². The van der Waals surface area contributed by atoms with E-state index in [1.54, 1.807) is 0 Å². The van der Waals surface area contributed by atoms with Crippen LogP contribution in [0.15, 0.2) is 47.1 Å². The first-order valence-electron chi connectivity index (χ1n) is 8.23. The summed E-state index contributed by atoms with van der Waals surface area (Å²) in [6, 6.07) is 11.6. The second-order valence-electron chi connectivity index (χ2n) is 5.74. The molecule has 0 aliphatic heterocycles. The van der Waals surface area contributed by atoms with Crippen molar-refractivity contribution in [1.82, 2.24) is 14.3 Å². The van der Waals surface area contributed by atoms with Crippen LogP contribution in [0.5, 0.6) is 0 Å². The van der Waals surface area contributed by atoms with Crippen molar-refractivity contribution in [3.8, 4) is 11.3 Å². The maximum atomic E-state index is 12.7. The summed E-state index contributed by atoms with van der Waals surface area (Å²) < 4.78 is 2.89. The van der Waals surface area contributed by atoms with Crippen LogP contribution in [-0.4, -0.2) is 33.3 Å². The summed E-state index contributed by atoms with van der Waals surface area (Å²) in [7, 11) is 0. The molecular weight excluding hydrogens is 402 g/mol. The molecule has 0 bridgehead atoms. The first-order valence-corrected chi connectivity index (χ1v) is 9.40.